The van der Waals surface area contributed by atoms with E-state index in [0.29, 0.717) is 0 Å². The van der Waals surface area contributed by atoms with Gasteiger partial charge in [0.15, 0.2) is 0 Å². The molecule has 0 aromatic carbocycles. The maximum absolute atomic E-state index is 3.11. The predicted molar refractivity (Wildman–Crippen MR) is 26.0 cm³/mol. The molecule has 0 aromatic heterocycles. The van der Waals surface area contributed by atoms with Gasteiger partial charge in [0.1, 0.15) is 7.28 Å². The molecule has 21 valence electrons. The van der Waals surface area contributed by atoms with Gasteiger partial charge in [0.2, 0.25) is 0 Å². The Labute approximate surface area is 29.7 Å². The lowest BCUT2D eigenvalue weighted by Gasteiger charge is -1.51. The SMILES string of the molecule is C[B]C=P. The Kier molecular flexibility index (Phi) is 3.42. The first-order valence-electron chi connectivity index (χ1n) is 1.20. The van der Waals surface area contributed by atoms with Gasteiger partial charge >= 0.3 is 0 Å². The van der Waals surface area contributed by atoms with Gasteiger partial charge in [0.05, 0.1) is 0 Å². The van der Waals surface area contributed by atoms with Crippen LogP contribution >= 0.6 is 8.86 Å². The molecular formula is C2H5BP. The summed E-state index contributed by atoms with van der Waals surface area (Å²) in [7, 11) is 5.02. The highest BCUT2D eigenvalue weighted by Gasteiger charge is 1.52. The molecule has 0 saturated heterocycles. The van der Waals surface area contributed by atoms with Crippen molar-refractivity contribution < 1.29 is 0 Å². The van der Waals surface area contributed by atoms with Crippen LogP contribution in [0.15, 0.2) is 0 Å². The van der Waals surface area contributed by atoms with Crippen molar-refractivity contribution in [1.82, 2.24) is 0 Å². The van der Waals surface area contributed by atoms with Crippen LogP contribution in [0.1, 0.15) is 0 Å². The highest BCUT2D eigenvalue weighted by Crippen LogP contribution is 1.48. The lowest BCUT2D eigenvalue weighted by atomic mass is 9.87. The van der Waals surface area contributed by atoms with E-state index in [9.17, 15) is 0 Å². The molecule has 0 fully saturated rings. The van der Waals surface area contributed by atoms with Crippen LogP contribution in [0.2, 0.25) is 6.82 Å². The van der Waals surface area contributed by atoms with E-state index in [1.165, 1.54) is 0 Å². The second kappa shape index (κ2) is 3.23. The van der Waals surface area contributed by atoms with Crippen molar-refractivity contribution in [2.45, 2.75) is 6.82 Å². The van der Waals surface area contributed by atoms with Crippen molar-refractivity contribution >= 4 is 21.8 Å². The van der Waals surface area contributed by atoms with Gasteiger partial charge in [-0.2, -0.15) is 0 Å². The standard InChI is InChI=1S/C2H5BP/c1-3-2-4/h2,4H,1H3. The van der Waals surface area contributed by atoms with E-state index in [2.05, 4.69) is 8.86 Å². The maximum atomic E-state index is 3.11. The summed E-state index contributed by atoms with van der Waals surface area (Å²) in [6, 6.07) is 0. The molecule has 0 N–H and O–H groups in total. The summed E-state index contributed by atoms with van der Waals surface area (Å²) in [4.78, 5) is 0. The number of hydrogen-bond acceptors (Lipinski definition) is 0. The monoisotopic (exact) mass is 71.0 g/mol. The molecule has 0 aliphatic heterocycles. The third-order valence-corrected chi connectivity index (χ3v) is 0.500. The van der Waals surface area contributed by atoms with Gasteiger partial charge in [-0.1, -0.05) is 6.82 Å². The average molecular weight is 70.8 g/mol. The van der Waals surface area contributed by atoms with Gasteiger partial charge in [-0.3, -0.25) is 0 Å². The third kappa shape index (κ3) is 2.23. The quantitative estimate of drug-likeness (QED) is 0.314. The second-order valence-corrected chi connectivity index (χ2v) is 0.833. The average Bonchev–Trinajstić information content (AvgIpc) is 1.37. The Balaban J connectivity index is 2.30. The summed E-state index contributed by atoms with van der Waals surface area (Å²) in [6.07, 6.45) is 0. The fourth-order valence-corrected chi connectivity index (χ4v) is 0. The summed E-state index contributed by atoms with van der Waals surface area (Å²) < 4.78 is 0. The zero-order valence-corrected chi connectivity index (χ0v) is 3.65. The van der Waals surface area contributed by atoms with E-state index in [1.54, 1.807) is 5.70 Å². The first-order valence-corrected chi connectivity index (χ1v) is 1.78. The first kappa shape index (κ1) is 4.23. The highest BCUT2D eigenvalue weighted by atomic mass is 31.0. The molecule has 0 atom stereocenters. The molecule has 0 spiro atoms. The van der Waals surface area contributed by atoms with Crippen molar-refractivity contribution in [2.24, 2.45) is 0 Å². The smallest absolute Gasteiger partial charge is 0.137 e. The van der Waals surface area contributed by atoms with Gasteiger partial charge in [-0.25, -0.2) is 0 Å². The van der Waals surface area contributed by atoms with Crippen LogP contribution < -0.4 is 0 Å². The minimum Gasteiger partial charge on any atom is -0.137 e. The van der Waals surface area contributed by atoms with Crippen LogP contribution in [0.4, 0.5) is 0 Å². The normalized spacial score (nSPS) is 5.25. The fourth-order valence-electron chi connectivity index (χ4n) is 0. The predicted octanol–water partition coefficient (Wildman–Crippen LogP) is 0.641. The van der Waals surface area contributed by atoms with E-state index in [4.69, 9.17) is 0 Å². The molecule has 0 rings (SSSR count). The van der Waals surface area contributed by atoms with Crippen LogP contribution in [-0.2, 0) is 0 Å². The molecule has 0 aliphatic carbocycles. The van der Waals surface area contributed by atoms with Crippen molar-refractivity contribution in [3.63, 3.8) is 0 Å². The largest absolute Gasteiger partial charge is 0.143 e. The topological polar surface area (TPSA) is 0 Å². The molecule has 1 radical (unpaired) electrons. The lowest BCUT2D eigenvalue weighted by Crippen LogP contribution is -1.71. The van der Waals surface area contributed by atoms with Gasteiger partial charge in [-0.05, 0) is 0 Å². The maximum Gasteiger partial charge on any atom is 0.143 e. The molecule has 2 heteroatoms. The molecular weight excluding hydrogens is 65.8 g/mol. The lowest BCUT2D eigenvalue weighted by molar-refractivity contribution is 2.36. The summed E-state index contributed by atoms with van der Waals surface area (Å²) in [5.74, 6) is 0. The summed E-state index contributed by atoms with van der Waals surface area (Å²) in [5, 5.41) is 0. The Morgan fingerprint density at radius 3 is 2.25 bits per heavy atom. The van der Waals surface area contributed by atoms with Crippen molar-refractivity contribution in [2.75, 3.05) is 0 Å². The Morgan fingerprint density at radius 2 is 2.25 bits per heavy atom. The number of rotatable bonds is 1. The zero-order chi connectivity index (χ0) is 3.41. The van der Waals surface area contributed by atoms with Gasteiger partial charge in [-0.15, -0.1) is 14.6 Å². The molecule has 0 amide bonds. The van der Waals surface area contributed by atoms with Gasteiger partial charge < -0.3 is 0 Å². The van der Waals surface area contributed by atoms with Gasteiger partial charge in [0, 0.05) is 0 Å². The van der Waals surface area contributed by atoms with E-state index >= 15 is 0 Å². The van der Waals surface area contributed by atoms with E-state index < -0.39 is 0 Å². The molecule has 0 aliphatic rings. The molecule has 0 heterocycles. The fraction of sp³-hybridized carbons (Fsp3) is 0.500. The summed E-state index contributed by atoms with van der Waals surface area (Å²) >= 11 is 0. The van der Waals surface area contributed by atoms with Crippen molar-refractivity contribution in [1.29, 1.82) is 0 Å². The molecule has 0 saturated carbocycles. The van der Waals surface area contributed by atoms with Crippen LogP contribution in [0, 0.1) is 0 Å². The molecule has 0 unspecified atom stereocenters. The summed E-state index contributed by atoms with van der Waals surface area (Å²) in [6.45, 7) is 1.95. The third-order valence-electron chi connectivity index (χ3n) is 0.167. The van der Waals surface area contributed by atoms with E-state index in [0.717, 1.165) is 0 Å². The Morgan fingerprint density at radius 1 is 2.00 bits per heavy atom. The Hall–Kier alpha value is 0.235. The first-order chi connectivity index (χ1) is 1.91. The van der Waals surface area contributed by atoms with Crippen LogP contribution in [0.25, 0.3) is 0 Å². The molecule has 0 nitrogen and oxygen atoms in total. The van der Waals surface area contributed by atoms with Crippen molar-refractivity contribution in [3.05, 3.63) is 0 Å². The van der Waals surface area contributed by atoms with Crippen LogP contribution in [0.5, 0.6) is 0 Å². The Bertz CT molecular complexity index is 20.0. The molecule has 0 bridgehead atoms. The van der Waals surface area contributed by atoms with E-state index in [1.807, 2.05) is 14.1 Å². The zero-order valence-electron chi connectivity index (χ0n) is 2.65. The van der Waals surface area contributed by atoms with Crippen molar-refractivity contribution in [3.8, 4) is 0 Å². The van der Waals surface area contributed by atoms with Gasteiger partial charge in [0.25, 0.3) is 0 Å². The minimum absolute atomic E-state index is 1.81. The van der Waals surface area contributed by atoms with E-state index in [-0.39, 0.29) is 0 Å². The number of hydrogen-bond donors (Lipinski definition) is 0. The molecule has 0 aromatic rings. The second-order valence-electron chi connectivity index (χ2n) is 0.500. The molecule has 4 heavy (non-hydrogen) atoms. The van der Waals surface area contributed by atoms with Crippen LogP contribution in [-0.4, -0.2) is 13.0 Å². The van der Waals surface area contributed by atoms with Crippen LogP contribution in [0.3, 0.4) is 0 Å². The summed E-state index contributed by atoms with van der Waals surface area (Å²) in [5.41, 5.74) is 1.81. The highest BCUT2D eigenvalue weighted by molar-refractivity contribution is 7.26. The minimum atomic E-state index is 1.81.